The predicted octanol–water partition coefficient (Wildman–Crippen LogP) is 2.89. The van der Waals surface area contributed by atoms with Crippen molar-refractivity contribution in [3.63, 3.8) is 0 Å². The molecule has 1 saturated carbocycles. The van der Waals surface area contributed by atoms with Crippen LogP contribution in [0.15, 0.2) is 48.5 Å². The predicted molar refractivity (Wildman–Crippen MR) is 118 cm³/mol. The Kier molecular flexibility index (Phi) is 6.11. The van der Waals surface area contributed by atoms with Crippen molar-refractivity contribution >= 4 is 11.6 Å². The average molecular weight is 410 g/mol. The van der Waals surface area contributed by atoms with Crippen molar-refractivity contribution in [2.45, 2.75) is 50.7 Å². The van der Waals surface area contributed by atoms with Crippen LogP contribution in [0.1, 0.15) is 49.3 Å². The monoisotopic (exact) mass is 409 g/mol. The summed E-state index contributed by atoms with van der Waals surface area (Å²) < 4.78 is 5.33. The highest BCUT2D eigenvalue weighted by atomic mass is 16.5. The third-order valence-corrected chi connectivity index (χ3v) is 6.98. The van der Waals surface area contributed by atoms with Crippen molar-refractivity contribution in [2.75, 3.05) is 25.5 Å². The van der Waals surface area contributed by atoms with Gasteiger partial charge in [-0.05, 0) is 56.2 Å². The van der Waals surface area contributed by atoms with E-state index in [-0.39, 0.29) is 17.9 Å². The number of nitrogens with one attached hydrogen (secondary N) is 2. The number of likely N-dealkylation sites (tertiary alicyclic amines) is 1. The summed E-state index contributed by atoms with van der Waals surface area (Å²) in [6.07, 6.45) is 4.87. The Labute approximate surface area is 179 Å². The molecule has 0 aromatic heterocycles. The first-order valence-corrected chi connectivity index (χ1v) is 11.1. The quantitative estimate of drug-likeness (QED) is 0.712. The molecule has 1 aliphatic heterocycles. The highest BCUT2D eigenvalue weighted by Gasteiger charge is 2.51. The summed E-state index contributed by atoms with van der Waals surface area (Å²) in [6, 6.07) is 16.2. The van der Waals surface area contributed by atoms with Crippen molar-refractivity contribution in [2.24, 2.45) is 5.92 Å². The summed E-state index contributed by atoms with van der Waals surface area (Å²) in [7, 11) is 1.67. The van der Waals surface area contributed by atoms with Crippen molar-refractivity contribution in [1.82, 2.24) is 0 Å². The number of carbonyl (C=O) groups is 1. The molecule has 1 saturated heterocycles. The first-order chi connectivity index (χ1) is 14.5. The van der Waals surface area contributed by atoms with Crippen LogP contribution in [0.25, 0.3) is 0 Å². The number of aliphatic hydroxyl groups is 1. The minimum absolute atomic E-state index is 0.0219. The lowest BCUT2D eigenvalue weighted by Crippen LogP contribution is -3.16. The van der Waals surface area contributed by atoms with Crippen LogP contribution in [0.4, 0.5) is 5.69 Å². The van der Waals surface area contributed by atoms with Gasteiger partial charge in [0.1, 0.15) is 11.8 Å². The average Bonchev–Trinajstić information content (AvgIpc) is 2.75. The SMILES string of the molecule is COc1ccc([C@H]2[C@H]3CCCC[C@]3(O)CC[NH+]2CC(=O)Nc2ccc(C)cc2)cc1. The Morgan fingerprint density at radius 1 is 1.13 bits per heavy atom. The Bertz CT molecular complexity index is 865. The van der Waals surface area contributed by atoms with Crippen LogP contribution < -0.4 is 15.0 Å². The number of methoxy groups -OCH3 is 1. The summed E-state index contributed by atoms with van der Waals surface area (Å²) in [5.74, 6) is 1.02. The van der Waals surface area contributed by atoms with Crippen LogP contribution in [0.5, 0.6) is 5.75 Å². The maximum absolute atomic E-state index is 12.9. The summed E-state index contributed by atoms with van der Waals surface area (Å²) in [5.41, 5.74) is 2.57. The number of quaternary nitrogens is 1. The van der Waals surface area contributed by atoms with Crippen LogP contribution in [0, 0.1) is 12.8 Å². The molecule has 1 amide bonds. The zero-order valence-electron chi connectivity index (χ0n) is 18.0. The Morgan fingerprint density at radius 3 is 2.57 bits per heavy atom. The van der Waals surface area contributed by atoms with E-state index in [4.69, 9.17) is 4.74 Å². The van der Waals surface area contributed by atoms with Gasteiger partial charge in [-0.15, -0.1) is 0 Å². The summed E-state index contributed by atoms with van der Waals surface area (Å²) in [4.78, 5) is 14.1. The first kappa shape index (κ1) is 20.9. The molecule has 4 atom stereocenters. The molecule has 5 nitrogen and oxygen atoms in total. The van der Waals surface area contributed by atoms with Crippen molar-refractivity contribution in [3.05, 3.63) is 59.7 Å². The Morgan fingerprint density at radius 2 is 1.87 bits per heavy atom. The third kappa shape index (κ3) is 4.37. The van der Waals surface area contributed by atoms with E-state index in [0.717, 1.165) is 50.1 Å². The Balaban J connectivity index is 1.56. The zero-order valence-corrected chi connectivity index (χ0v) is 18.0. The van der Waals surface area contributed by atoms with Gasteiger partial charge < -0.3 is 20.1 Å². The number of carbonyl (C=O) groups excluding carboxylic acids is 1. The summed E-state index contributed by atoms with van der Waals surface area (Å²) in [6.45, 7) is 3.23. The molecule has 0 radical (unpaired) electrons. The molecule has 5 heteroatoms. The molecule has 2 aromatic rings. The van der Waals surface area contributed by atoms with E-state index in [1.165, 1.54) is 16.0 Å². The number of hydrogen-bond donors (Lipinski definition) is 3. The van der Waals surface area contributed by atoms with E-state index >= 15 is 0 Å². The number of piperidine rings is 1. The second-order valence-corrected chi connectivity index (χ2v) is 8.96. The molecule has 4 rings (SSSR count). The van der Waals surface area contributed by atoms with Gasteiger partial charge in [0, 0.05) is 23.6 Å². The number of aryl methyl sites for hydroxylation is 1. The number of anilines is 1. The topological polar surface area (TPSA) is 63.0 Å². The molecule has 2 aliphatic rings. The van der Waals surface area contributed by atoms with Crippen LogP contribution in [-0.2, 0) is 4.79 Å². The fraction of sp³-hybridized carbons (Fsp3) is 0.480. The van der Waals surface area contributed by atoms with Gasteiger partial charge in [-0.1, -0.05) is 30.5 Å². The fourth-order valence-electron chi connectivity index (χ4n) is 5.38. The zero-order chi connectivity index (χ0) is 21.1. The van der Waals surface area contributed by atoms with Gasteiger partial charge in [0.2, 0.25) is 0 Å². The molecular weight excluding hydrogens is 376 g/mol. The van der Waals surface area contributed by atoms with Crippen molar-refractivity contribution in [3.8, 4) is 5.75 Å². The minimum Gasteiger partial charge on any atom is -0.497 e. The van der Waals surface area contributed by atoms with E-state index < -0.39 is 5.60 Å². The molecule has 1 aliphatic carbocycles. The lowest BCUT2D eigenvalue weighted by molar-refractivity contribution is -0.937. The van der Waals surface area contributed by atoms with E-state index in [2.05, 4.69) is 17.4 Å². The van der Waals surface area contributed by atoms with Gasteiger partial charge in [0.25, 0.3) is 5.91 Å². The van der Waals surface area contributed by atoms with Crippen LogP contribution >= 0.6 is 0 Å². The van der Waals surface area contributed by atoms with E-state index in [1.54, 1.807) is 7.11 Å². The molecule has 30 heavy (non-hydrogen) atoms. The maximum Gasteiger partial charge on any atom is 0.279 e. The van der Waals surface area contributed by atoms with Gasteiger partial charge in [0.05, 0.1) is 19.3 Å². The lowest BCUT2D eigenvalue weighted by atomic mass is 9.66. The van der Waals surface area contributed by atoms with Gasteiger partial charge in [-0.3, -0.25) is 4.79 Å². The normalized spacial score (nSPS) is 28.4. The first-order valence-electron chi connectivity index (χ1n) is 11.1. The van der Waals surface area contributed by atoms with Crippen LogP contribution in [0.3, 0.4) is 0 Å². The molecule has 0 spiro atoms. The number of ether oxygens (including phenoxy) is 1. The molecule has 1 heterocycles. The number of rotatable bonds is 5. The number of amides is 1. The van der Waals surface area contributed by atoms with E-state index in [9.17, 15) is 9.90 Å². The second-order valence-electron chi connectivity index (χ2n) is 8.96. The largest absolute Gasteiger partial charge is 0.497 e. The van der Waals surface area contributed by atoms with Crippen LogP contribution in [-0.4, -0.2) is 36.8 Å². The van der Waals surface area contributed by atoms with E-state index in [0.29, 0.717) is 6.54 Å². The molecule has 1 unspecified atom stereocenters. The lowest BCUT2D eigenvalue weighted by Gasteiger charge is -2.50. The highest BCUT2D eigenvalue weighted by molar-refractivity contribution is 5.91. The van der Waals surface area contributed by atoms with E-state index in [1.807, 2.05) is 43.3 Å². The van der Waals surface area contributed by atoms with Crippen LogP contribution in [0.2, 0.25) is 0 Å². The molecule has 2 aromatic carbocycles. The number of fused-ring (bicyclic) bond motifs is 1. The molecule has 3 N–H and O–H groups in total. The van der Waals surface area contributed by atoms with Gasteiger partial charge in [0.15, 0.2) is 6.54 Å². The van der Waals surface area contributed by atoms with Gasteiger partial charge >= 0.3 is 0 Å². The Hall–Kier alpha value is -2.37. The fourth-order valence-corrected chi connectivity index (χ4v) is 5.38. The number of hydrogen-bond acceptors (Lipinski definition) is 3. The van der Waals surface area contributed by atoms with Crippen molar-refractivity contribution < 1.29 is 19.5 Å². The third-order valence-electron chi connectivity index (χ3n) is 6.98. The summed E-state index contributed by atoms with van der Waals surface area (Å²) in [5, 5.41) is 14.4. The molecular formula is C25H33N2O3+. The summed E-state index contributed by atoms with van der Waals surface area (Å²) >= 11 is 0. The second kappa shape index (κ2) is 8.78. The van der Waals surface area contributed by atoms with Crippen molar-refractivity contribution in [1.29, 1.82) is 0 Å². The molecule has 0 bridgehead atoms. The van der Waals surface area contributed by atoms with Gasteiger partial charge in [-0.25, -0.2) is 0 Å². The van der Waals surface area contributed by atoms with Gasteiger partial charge in [-0.2, -0.15) is 0 Å². The smallest absolute Gasteiger partial charge is 0.279 e. The highest BCUT2D eigenvalue weighted by Crippen LogP contribution is 2.44. The molecule has 160 valence electrons. The standard InChI is InChI=1S/C25H32N2O3/c1-18-6-10-20(11-7-18)26-23(28)17-27-16-15-25(29)14-4-3-5-22(25)24(27)19-8-12-21(30-2)13-9-19/h6-13,22,24,29H,3-5,14-17H2,1-2H3,(H,26,28)/p+1/t22-,24+,25+/m1/s1. The maximum atomic E-state index is 12.9. The molecule has 2 fully saturated rings. The number of benzene rings is 2. The minimum atomic E-state index is -0.611.